The Balaban J connectivity index is 2.53. The highest BCUT2D eigenvalue weighted by molar-refractivity contribution is 7.65. The maximum Gasteiger partial charge on any atom is 0.161 e. The molecule has 1 aromatic carbocycles. The summed E-state index contributed by atoms with van der Waals surface area (Å²) >= 11 is 0. The van der Waals surface area contributed by atoms with E-state index in [1.165, 1.54) is 0 Å². The highest BCUT2D eigenvalue weighted by atomic mass is 31.2. The van der Waals surface area contributed by atoms with Gasteiger partial charge < -0.3 is 14.0 Å². The molecular formula is C12H15O3P. The standard InChI is InChI=1S/C12H15O3P/c1-14-11-6-9-4-5-16(3,13)8-10(9)7-12(11)15-2/h4-7H,8H2,1-3H3. The molecule has 86 valence electrons. The van der Waals surface area contributed by atoms with Crippen LogP contribution >= 0.6 is 7.14 Å². The van der Waals surface area contributed by atoms with E-state index in [4.69, 9.17) is 9.47 Å². The van der Waals surface area contributed by atoms with Crippen LogP contribution in [-0.2, 0) is 10.7 Å². The SMILES string of the molecule is COc1cc2c(cc1OC)CP(C)(=O)C=C2. The van der Waals surface area contributed by atoms with Gasteiger partial charge in [0, 0.05) is 6.16 Å². The van der Waals surface area contributed by atoms with Crippen molar-refractivity contribution in [3.63, 3.8) is 0 Å². The van der Waals surface area contributed by atoms with Crippen molar-refractivity contribution in [2.45, 2.75) is 6.16 Å². The first kappa shape index (κ1) is 11.3. The van der Waals surface area contributed by atoms with Gasteiger partial charge in [0.25, 0.3) is 0 Å². The van der Waals surface area contributed by atoms with E-state index in [9.17, 15) is 4.57 Å². The fourth-order valence-corrected chi connectivity index (χ4v) is 3.39. The Kier molecular flexibility index (Phi) is 2.81. The summed E-state index contributed by atoms with van der Waals surface area (Å²) < 4.78 is 22.4. The molecule has 0 N–H and O–H groups in total. The van der Waals surface area contributed by atoms with Crippen LogP contribution in [0.5, 0.6) is 11.5 Å². The van der Waals surface area contributed by atoms with E-state index in [0.29, 0.717) is 17.7 Å². The maximum atomic E-state index is 12.0. The highest BCUT2D eigenvalue weighted by Crippen LogP contribution is 2.52. The second kappa shape index (κ2) is 3.99. The van der Waals surface area contributed by atoms with Crippen molar-refractivity contribution < 1.29 is 14.0 Å². The topological polar surface area (TPSA) is 35.5 Å². The summed E-state index contributed by atoms with van der Waals surface area (Å²) in [7, 11) is 1.07. The zero-order valence-electron chi connectivity index (χ0n) is 9.69. The summed E-state index contributed by atoms with van der Waals surface area (Å²) in [5.41, 5.74) is 2.12. The van der Waals surface area contributed by atoms with E-state index in [2.05, 4.69) is 0 Å². The van der Waals surface area contributed by atoms with Crippen LogP contribution in [0.1, 0.15) is 11.1 Å². The van der Waals surface area contributed by atoms with Crippen LogP contribution < -0.4 is 9.47 Å². The second-order valence-corrected chi connectivity index (χ2v) is 7.02. The smallest absolute Gasteiger partial charge is 0.161 e. The quantitative estimate of drug-likeness (QED) is 0.742. The molecule has 1 aliphatic heterocycles. The van der Waals surface area contributed by atoms with Gasteiger partial charge in [-0.05, 0) is 35.7 Å². The van der Waals surface area contributed by atoms with Crippen molar-refractivity contribution >= 4 is 13.2 Å². The zero-order valence-corrected chi connectivity index (χ0v) is 10.6. The van der Waals surface area contributed by atoms with Crippen molar-refractivity contribution in [3.8, 4) is 11.5 Å². The second-order valence-electron chi connectivity index (χ2n) is 4.05. The number of rotatable bonds is 2. The Morgan fingerprint density at radius 1 is 1.19 bits per heavy atom. The van der Waals surface area contributed by atoms with Crippen LogP contribution in [0.2, 0.25) is 0 Å². The lowest BCUT2D eigenvalue weighted by Crippen LogP contribution is -1.98. The summed E-state index contributed by atoms with van der Waals surface area (Å²) in [6.45, 7) is 1.79. The molecule has 16 heavy (non-hydrogen) atoms. The molecule has 1 heterocycles. The normalized spacial score (nSPS) is 22.7. The summed E-state index contributed by atoms with van der Waals surface area (Å²) in [6.07, 6.45) is 2.50. The van der Waals surface area contributed by atoms with Gasteiger partial charge in [0.1, 0.15) is 7.14 Å². The fraction of sp³-hybridized carbons (Fsp3) is 0.333. The van der Waals surface area contributed by atoms with Gasteiger partial charge in [0.15, 0.2) is 11.5 Å². The van der Waals surface area contributed by atoms with Crippen LogP contribution in [0, 0.1) is 0 Å². The first-order chi connectivity index (χ1) is 7.55. The molecule has 3 nitrogen and oxygen atoms in total. The minimum Gasteiger partial charge on any atom is -0.493 e. The van der Waals surface area contributed by atoms with Crippen LogP contribution in [0.4, 0.5) is 0 Å². The molecule has 0 amide bonds. The Labute approximate surface area is 95.4 Å². The van der Waals surface area contributed by atoms with E-state index in [0.717, 1.165) is 11.1 Å². The molecule has 1 aliphatic rings. The number of hydrogen-bond acceptors (Lipinski definition) is 3. The van der Waals surface area contributed by atoms with E-state index < -0.39 is 7.14 Å². The monoisotopic (exact) mass is 238 g/mol. The lowest BCUT2D eigenvalue weighted by Gasteiger charge is -2.18. The first-order valence-electron chi connectivity index (χ1n) is 5.06. The molecule has 0 saturated carbocycles. The summed E-state index contributed by atoms with van der Waals surface area (Å²) in [6, 6.07) is 3.83. The largest absolute Gasteiger partial charge is 0.493 e. The summed E-state index contributed by atoms with van der Waals surface area (Å²) in [5, 5.41) is 0. The van der Waals surface area contributed by atoms with Gasteiger partial charge >= 0.3 is 0 Å². The third kappa shape index (κ3) is 2.00. The highest BCUT2D eigenvalue weighted by Gasteiger charge is 2.20. The zero-order chi connectivity index (χ0) is 11.8. The van der Waals surface area contributed by atoms with Crippen LogP contribution in [0.15, 0.2) is 17.9 Å². The predicted molar refractivity (Wildman–Crippen MR) is 65.8 cm³/mol. The number of benzene rings is 1. The Hall–Kier alpha value is -1.21. The molecule has 0 fully saturated rings. The maximum absolute atomic E-state index is 12.0. The number of fused-ring (bicyclic) bond motifs is 1. The number of hydrogen-bond donors (Lipinski definition) is 0. The third-order valence-electron chi connectivity index (χ3n) is 2.70. The minimum absolute atomic E-state index is 0.596. The van der Waals surface area contributed by atoms with Gasteiger partial charge in [0.05, 0.1) is 14.2 Å². The van der Waals surface area contributed by atoms with Crippen LogP contribution in [0.3, 0.4) is 0 Å². The van der Waals surface area contributed by atoms with Crippen molar-refractivity contribution in [2.24, 2.45) is 0 Å². The Bertz CT molecular complexity index is 491. The molecular weight excluding hydrogens is 223 g/mol. The van der Waals surface area contributed by atoms with Gasteiger partial charge in [-0.1, -0.05) is 6.08 Å². The lowest BCUT2D eigenvalue weighted by molar-refractivity contribution is 0.354. The lowest BCUT2D eigenvalue weighted by atomic mass is 10.1. The molecule has 1 atom stereocenters. The molecule has 1 unspecified atom stereocenters. The summed E-state index contributed by atoms with van der Waals surface area (Å²) in [4.78, 5) is 0. The van der Waals surface area contributed by atoms with Crippen LogP contribution in [0.25, 0.3) is 6.08 Å². The van der Waals surface area contributed by atoms with Crippen molar-refractivity contribution in [2.75, 3.05) is 20.9 Å². The van der Waals surface area contributed by atoms with Gasteiger partial charge in [-0.25, -0.2) is 0 Å². The summed E-state index contributed by atoms with van der Waals surface area (Å²) in [5.74, 6) is 3.21. The molecule has 4 heteroatoms. The molecule has 0 bridgehead atoms. The van der Waals surface area contributed by atoms with Gasteiger partial charge in [-0.3, -0.25) is 0 Å². The van der Waals surface area contributed by atoms with Crippen molar-refractivity contribution in [1.29, 1.82) is 0 Å². The van der Waals surface area contributed by atoms with E-state index in [1.54, 1.807) is 26.7 Å². The third-order valence-corrected chi connectivity index (χ3v) is 4.45. The van der Waals surface area contributed by atoms with Crippen LogP contribution in [-0.4, -0.2) is 20.9 Å². The average molecular weight is 238 g/mol. The molecule has 0 spiro atoms. The van der Waals surface area contributed by atoms with E-state index in [-0.39, 0.29) is 0 Å². The van der Waals surface area contributed by atoms with Gasteiger partial charge in [0.2, 0.25) is 0 Å². The Morgan fingerprint density at radius 3 is 2.44 bits per heavy atom. The fourth-order valence-electron chi connectivity index (χ4n) is 1.86. The average Bonchev–Trinajstić information content (AvgIpc) is 2.26. The predicted octanol–water partition coefficient (Wildman–Crippen LogP) is 3.18. The van der Waals surface area contributed by atoms with E-state index in [1.807, 2.05) is 18.2 Å². The molecule has 0 radical (unpaired) electrons. The van der Waals surface area contributed by atoms with Crippen molar-refractivity contribution in [1.82, 2.24) is 0 Å². The Morgan fingerprint density at radius 2 is 1.81 bits per heavy atom. The number of methoxy groups -OCH3 is 2. The van der Waals surface area contributed by atoms with Crippen molar-refractivity contribution in [3.05, 3.63) is 29.1 Å². The molecule has 1 aromatic rings. The molecule has 0 aromatic heterocycles. The first-order valence-corrected chi connectivity index (χ1v) is 7.47. The van der Waals surface area contributed by atoms with E-state index >= 15 is 0 Å². The molecule has 2 rings (SSSR count). The molecule has 0 saturated heterocycles. The van der Waals surface area contributed by atoms with Gasteiger partial charge in [-0.15, -0.1) is 0 Å². The van der Waals surface area contributed by atoms with Gasteiger partial charge in [-0.2, -0.15) is 0 Å². The minimum atomic E-state index is -2.15. The number of ether oxygens (including phenoxy) is 2. The molecule has 0 aliphatic carbocycles.